The van der Waals surface area contributed by atoms with Crippen LogP contribution in [-0.4, -0.2) is 31.5 Å². The Morgan fingerprint density at radius 1 is 1.29 bits per heavy atom. The molecule has 2 heterocycles. The van der Waals surface area contributed by atoms with Crippen molar-refractivity contribution in [1.82, 2.24) is 9.46 Å². The summed E-state index contributed by atoms with van der Waals surface area (Å²) in [6.45, 7) is 2.53. The number of methoxy groups -OCH3 is 1. The van der Waals surface area contributed by atoms with E-state index in [0.717, 1.165) is 11.3 Å². The third-order valence-corrected chi connectivity index (χ3v) is 5.55. The monoisotopic (exact) mass is 308 g/mol. The van der Waals surface area contributed by atoms with E-state index in [2.05, 4.69) is 5.16 Å². The smallest absolute Gasteiger partial charge is 0.243 e. The molecule has 2 aromatic rings. The number of fused-ring (bicyclic) bond motifs is 1. The summed E-state index contributed by atoms with van der Waals surface area (Å²) >= 11 is 0. The number of hydrogen-bond acceptors (Lipinski definition) is 5. The van der Waals surface area contributed by atoms with Crippen molar-refractivity contribution < 1.29 is 17.7 Å². The highest BCUT2D eigenvalue weighted by Gasteiger charge is 2.31. The van der Waals surface area contributed by atoms with Gasteiger partial charge in [0.15, 0.2) is 5.76 Å². The van der Waals surface area contributed by atoms with E-state index < -0.39 is 10.0 Å². The number of nitrogens with zero attached hydrogens (tertiary/aromatic N) is 2. The fourth-order valence-electron chi connectivity index (χ4n) is 2.46. The molecule has 0 saturated heterocycles. The Balaban J connectivity index is 1.89. The van der Waals surface area contributed by atoms with Crippen molar-refractivity contribution in [3.63, 3.8) is 0 Å². The van der Waals surface area contributed by atoms with Gasteiger partial charge in [0.1, 0.15) is 5.75 Å². The van der Waals surface area contributed by atoms with Gasteiger partial charge in [-0.05, 0) is 37.6 Å². The number of rotatable bonds is 3. The molecule has 0 atom stereocenters. The van der Waals surface area contributed by atoms with Gasteiger partial charge < -0.3 is 9.26 Å². The molecular weight excluding hydrogens is 292 g/mol. The van der Waals surface area contributed by atoms with Gasteiger partial charge in [0.2, 0.25) is 10.0 Å². The molecule has 21 heavy (non-hydrogen) atoms. The van der Waals surface area contributed by atoms with Crippen LogP contribution in [0.3, 0.4) is 0 Å². The van der Waals surface area contributed by atoms with Crippen LogP contribution in [0.2, 0.25) is 0 Å². The number of benzene rings is 1. The predicted octanol–water partition coefficient (Wildman–Crippen LogP) is 1.74. The highest BCUT2D eigenvalue weighted by molar-refractivity contribution is 7.89. The molecule has 0 radical (unpaired) electrons. The number of aryl methyl sites for hydroxylation is 1. The van der Waals surface area contributed by atoms with E-state index in [1.54, 1.807) is 31.4 Å². The maximum Gasteiger partial charge on any atom is 0.243 e. The van der Waals surface area contributed by atoms with Gasteiger partial charge in [-0.15, -0.1) is 0 Å². The van der Waals surface area contributed by atoms with E-state index in [-0.39, 0.29) is 11.4 Å². The summed E-state index contributed by atoms with van der Waals surface area (Å²) in [7, 11) is -1.99. The molecule has 6 nitrogen and oxygen atoms in total. The van der Waals surface area contributed by atoms with Crippen molar-refractivity contribution in [3.8, 4) is 5.75 Å². The first-order chi connectivity index (χ1) is 10.0. The van der Waals surface area contributed by atoms with Crippen LogP contribution in [-0.2, 0) is 23.0 Å². The van der Waals surface area contributed by atoms with Crippen molar-refractivity contribution in [2.75, 3.05) is 13.7 Å². The highest BCUT2D eigenvalue weighted by Crippen LogP contribution is 2.27. The summed E-state index contributed by atoms with van der Waals surface area (Å²) in [6, 6.07) is 6.38. The van der Waals surface area contributed by atoms with Crippen LogP contribution < -0.4 is 4.74 Å². The van der Waals surface area contributed by atoms with E-state index in [1.165, 1.54) is 4.31 Å². The average molecular weight is 308 g/mol. The maximum absolute atomic E-state index is 12.6. The first-order valence-corrected chi connectivity index (χ1v) is 8.04. The summed E-state index contributed by atoms with van der Waals surface area (Å²) in [6.07, 6.45) is 0.625. The average Bonchev–Trinajstić information content (AvgIpc) is 2.88. The van der Waals surface area contributed by atoms with Gasteiger partial charge in [0, 0.05) is 12.1 Å². The maximum atomic E-state index is 12.6. The fraction of sp³-hybridized carbons (Fsp3) is 0.357. The lowest BCUT2D eigenvalue weighted by molar-refractivity contribution is 0.307. The second-order valence-electron chi connectivity index (χ2n) is 4.93. The van der Waals surface area contributed by atoms with E-state index in [0.29, 0.717) is 24.5 Å². The molecule has 0 bridgehead atoms. The standard InChI is InChI=1S/C14H16N2O4S/c1-10-13-7-8-16(9-14(13)20-15-10)21(17,18)12-5-3-11(19-2)4-6-12/h3-6H,7-9H2,1-2H3. The lowest BCUT2D eigenvalue weighted by Crippen LogP contribution is -2.35. The molecule has 1 aromatic carbocycles. The lowest BCUT2D eigenvalue weighted by Gasteiger charge is -2.25. The van der Waals surface area contributed by atoms with Crippen LogP contribution in [0.4, 0.5) is 0 Å². The number of hydrogen-bond donors (Lipinski definition) is 0. The largest absolute Gasteiger partial charge is 0.497 e. The number of ether oxygens (including phenoxy) is 1. The fourth-order valence-corrected chi connectivity index (χ4v) is 3.85. The topological polar surface area (TPSA) is 72.6 Å². The van der Waals surface area contributed by atoms with Gasteiger partial charge in [0.25, 0.3) is 0 Å². The zero-order valence-corrected chi connectivity index (χ0v) is 12.7. The van der Waals surface area contributed by atoms with Crippen LogP contribution >= 0.6 is 0 Å². The van der Waals surface area contributed by atoms with Crippen molar-refractivity contribution in [2.24, 2.45) is 0 Å². The molecule has 1 aromatic heterocycles. The molecule has 0 amide bonds. The molecule has 0 aliphatic carbocycles. The Kier molecular flexibility index (Phi) is 3.46. The Morgan fingerprint density at radius 2 is 2.00 bits per heavy atom. The molecule has 0 unspecified atom stereocenters. The number of aromatic nitrogens is 1. The molecule has 7 heteroatoms. The van der Waals surface area contributed by atoms with Crippen LogP contribution in [0.5, 0.6) is 5.75 Å². The molecule has 1 aliphatic rings. The molecule has 0 spiro atoms. The quantitative estimate of drug-likeness (QED) is 0.863. The second kappa shape index (κ2) is 5.16. The van der Waals surface area contributed by atoms with Crippen LogP contribution in [0, 0.1) is 6.92 Å². The van der Waals surface area contributed by atoms with E-state index in [4.69, 9.17) is 9.26 Å². The van der Waals surface area contributed by atoms with Gasteiger partial charge in [0.05, 0.1) is 24.2 Å². The summed E-state index contributed by atoms with van der Waals surface area (Å²) < 4.78 is 36.9. The first kappa shape index (κ1) is 14.1. The highest BCUT2D eigenvalue weighted by atomic mass is 32.2. The Hall–Kier alpha value is -1.86. The second-order valence-corrected chi connectivity index (χ2v) is 6.87. The summed E-state index contributed by atoms with van der Waals surface area (Å²) in [5.41, 5.74) is 1.86. The van der Waals surface area contributed by atoms with Crippen LogP contribution in [0.25, 0.3) is 0 Å². The Bertz CT molecular complexity index is 750. The third-order valence-electron chi connectivity index (χ3n) is 3.69. The zero-order chi connectivity index (χ0) is 15.0. The molecule has 0 N–H and O–H groups in total. The minimum Gasteiger partial charge on any atom is -0.497 e. The first-order valence-electron chi connectivity index (χ1n) is 6.60. The normalized spacial score (nSPS) is 15.7. The summed E-state index contributed by atoms with van der Waals surface area (Å²) in [5.74, 6) is 1.26. The minimum atomic E-state index is -3.53. The van der Waals surface area contributed by atoms with Crippen molar-refractivity contribution in [1.29, 1.82) is 0 Å². The van der Waals surface area contributed by atoms with Gasteiger partial charge >= 0.3 is 0 Å². The van der Waals surface area contributed by atoms with Crippen LogP contribution in [0.1, 0.15) is 17.0 Å². The van der Waals surface area contributed by atoms with Gasteiger partial charge in [-0.3, -0.25) is 0 Å². The molecule has 0 fully saturated rings. The Labute approximate surface area is 123 Å². The Morgan fingerprint density at radius 3 is 2.67 bits per heavy atom. The SMILES string of the molecule is COc1ccc(S(=O)(=O)N2CCc3c(C)noc3C2)cc1. The molecule has 0 saturated carbocycles. The van der Waals surface area contributed by atoms with Gasteiger partial charge in [-0.25, -0.2) is 8.42 Å². The van der Waals surface area contributed by atoms with Gasteiger partial charge in [-0.1, -0.05) is 5.16 Å². The van der Waals surface area contributed by atoms with E-state index in [9.17, 15) is 8.42 Å². The molecule has 112 valence electrons. The van der Waals surface area contributed by atoms with E-state index in [1.807, 2.05) is 6.92 Å². The minimum absolute atomic E-state index is 0.227. The third kappa shape index (κ3) is 2.43. The van der Waals surface area contributed by atoms with Crippen molar-refractivity contribution >= 4 is 10.0 Å². The predicted molar refractivity (Wildman–Crippen MR) is 75.5 cm³/mol. The summed E-state index contributed by atoms with van der Waals surface area (Å²) in [5, 5.41) is 3.90. The van der Waals surface area contributed by atoms with E-state index >= 15 is 0 Å². The molecular formula is C14H16N2O4S. The molecule has 1 aliphatic heterocycles. The lowest BCUT2D eigenvalue weighted by atomic mass is 10.1. The van der Waals surface area contributed by atoms with Gasteiger partial charge in [-0.2, -0.15) is 4.31 Å². The molecule has 3 rings (SSSR count). The number of sulfonamides is 1. The van der Waals surface area contributed by atoms with Crippen molar-refractivity contribution in [2.45, 2.75) is 24.8 Å². The van der Waals surface area contributed by atoms with Crippen LogP contribution in [0.15, 0.2) is 33.7 Å². The zero-order valence-electron chi connectivity index (χ0n) is 11.9. The summed E-state index contributed by atoms with van der Waals surface area (Å²) in [4.78, 5) is 0.253. The van der Waals surface area contributed by atoms with Crippen molar-refractivity contribution in [3.05, 3.63) is 41.3 Å².